The predicted molar refractivity (Wildman–Crippen MR) is 86.3 cm³/mol. The molecule has 0 spiro atoms. The normalized spacial score (nSPS) is 22.0. The first kappa shape index (κ1) is 16.4. The first-order valence-corrected chi connectivity index (χ1v) is 8.80. The number of aliphatic hydroxyl groups excluding tert-OH is 1. The largest absolute Gasteiger partial charge is 0.393 e. The van der Waals surface area contributed by atoms with Gasteiger partial charge in [0, 0.05) is 19.2 Å². The third-order valence-corrected chi connectivity index (χ3v) is 5.79. The quantitative estimate of drug-likeness (QED) is 0.757. The highest BCUT2D eigenvalue weighted by molar-refractivity contribution is 7.88. The molecule has 1 saturated carbocycles. The summed E-state index contributed by atoms with van der Waals surface area (Å²) in [6, 6.07) is 6.97. The molecule has 0 aliphatic heterocycles. The standard InChI is InChI=1S/C14H20N2O3S2/c1-16(8-11-6-13(17)7-11)21(18,19)9-10-3-2-4-12(5-10)14(15)20/h2-5,11,13,17H,6-9H2,1H3,(H2,15,20). The molecule has 5 nitrogen and oxygen atoms in total. The van der Waals surface area contributed by atoms with Crippen LogP contribution < -0.4 is 5.73 Å². The topological polar surface area (TPSA) is 83.6 Å². The number of nitrogens with two attached hydrogens (primary N) is 1. The minimum absolute atomic E-state index is 0.0742. The monoisotopic (exact) mass is 328 g/mol. The van der Waals surface area contributed by atoms with Gasteiger partial charge in [0.15, 0.2) is 0 Å². The summed E-state index contributed by atoms with van der Waals surface area (Å²) in [4.78, 5) is 0.256. The molecule has 0 saturated heterocycles. The van der Waals surface area contributed by atoms with Crippen LogP contribution >= 0.6 is 12.2 Å². The summed E-state index contributed by atoms with van der Waals surface area (Å²) in [6.45, 7) is 0.453. The second-order valence-corrected chi connectivity index (χ2v) is 8.11. The molecule has 7 heteroatoms. The molecule has 1 aromatic rings. The van der Waals surface area contributed by atoms with Gasteiger partial charge in [-0.3, -0.25) is 0 Å². The molecule has 1 aliphatic rings. The Morgan fingerprint density at radius 2 is 2.14 bits per heavy atom. The first-order valence-electron chi connectivity index (χ1n) is 6.79. The van der Waals surface area contributed by atoms with E-state index >= 15 is 0 Å². The second kappa shape index (κ2) is 6.39. The molecule has 0 atom stereocenters. The molecule has 21 heavy (non-hydrogen) atoms. The SMILES string of the molecule is CN(CC1CC(O)C1)S(=O)(=O)Cc1cccc(C(N)=S)c1. The number of thiocarbonyl (C=S) groups is 1. The molecule has 2 rings (SSSR count). The van der Waals surface area contributed by atoms with Crippen LogP contribution in [0.4, 0.5) is 0 Å². The Balaban J connectivity index is 2.02. The van der Waals surface area contributed by atoms with Crippen molar-refractivity contribution in [3.05, 3.63) is 35.4 Å². The Labute approximate surface area is 130 Å². The second-order valence-electron chi connectivity index (χ2n) is 5.59. The number of hydrogen-bond donors (Lipinski definition) is 2. The third kappa shape index (κ3) is 4.23. The molecule has 1 aromatic carbocycles. The molecule has 116 valence electrons. The molecule has 3 N–H and O–H groups in total. The van der Waals surface area contributed by atoms with Gasteiger partial charge in [0.25, 0.3) is 0 Å². The van der Waals surface area contributed by atoms with Gasteiger partial charge >= 0.3 is 0 Å². The summed E-state index contributed by atoms with van der Waals surface area (Å²) >= 11 is 4.90. The highest BCUT2D eigenvalue weighted by atomic mass is 32.2. The van der Waals surface area contributed by atoms with Crippen molar-refractivity contribution in [3.8, 4) is 0 Å². The summed E-state index contributed by atoms with van der Waals surface area (Å²) in [6.07, 6.45) is 1.08. The summed E-state index contributed by atoms with van der Waals surface area (Å²) in [5, 5.41) is 9.26. The maximum Gasteiger partial charge on any atom is 0.218 e. The van der Waals surface area contributed by atoms with Gasteiger partial charge in [-0.15, -0.1) is 0 Å². The van der Waals surface area contributed by atoms with Gasteiger partial charge in [0.2, 0.25) is 10.0 Å². The summed E-state index contributed by atoms with van der Waals surface area (Å²) in [5.74, 6) is 0.178. The van der Waals surface area contributed by atoms with E-state index in [1.165, 1.54) is 4.31 Å². The highest BCUT2D eigenvalue weighted by Gasteiger charge is 2.31. The van der Waals surface area contributed by atoms with Gasteiger partial charge in [0.05, 0.1) is 11.9 Å². The molecular formula is C14H20N2O3S2. The maximum absolute atomic E-state index is 12.3. The van der Waals surface area contributed by atoms with Crippen molar-refractivity contribution in [2.24, 2.45) is 11.7 Å². The van der Waals surface area contributed by atoms with Crippen molar-refractivity contribution >= 4 is 27.2 Å². The number of hydrogen-bond acceptors (Lipinski definition) is 4. The van der Waals surface area contributed by atoms with Crippen LogP contribution in [0.2, 0.25) is 0 Å². The minimum Gasteiger partial charge on any atom is -0.393 e. The number of benzene rings is 1. The first-order chi connectivity index (χ1) is 9.78. The lowest BCUT2D eigenvalue weighted by molar-refractivity contribution is 0.0367. The van der Waals surface area contributed by atoms with Crippen LogP contribution in [0.5, 0.6) is 0 Å². The van der Waals surface area contributed by atoms with Crippen LogP contribution in [0.3, 0.4) is 0 Å². The molecule has 0 bridgehead atoms. The van der Waals surface area contributed by atoms with Crippen LogP contribution in [0.25, 0.3) is 0 Å². The lowest BCUT2D eigenvalue weighted by Gasteiger charge is -2.34. The smallest absolute Gasteiger partial charge is 0.218 e. The van der Waals surface area contributed by atoms with E-state index in [1.807, 2.05) is 0 Å². The van der Waals surface area contributed by atoms with E-state index in [9.17, 15) is 13.5 Å². The zero-order chi connectivity index (χ0) is 15.6. The van der Waals surface area contributed by atoms with Gasteiger partial charge in [-0.1, -0.05) is 30.4 Å². The zero-order valence-electron chi connectivity index (χ0n) is 11.9. The Morgan fingerprint density at radius 3 is 2.71 bits per heavy atom. The molecular weight excluding hydrogens is 308 g/mol. The average molecular weight is 328 g/mol. The van der Waals surface area contributed by atoms with Crippen LogP contribution in [0.1, 0.15) is 24.0 Å². The molecule has 0 heterocycles. The number of aliphatic hydroxyl groups is 1. The predicted octanol–water partition coefficient (Wildman–Crippen LogP) is 0.853. The minimum atomic E-state index is -3.38. The number of sulfonamides is 1. The number of rotatable bonds is 6. The van der Waals surface area contributed by atoms with E-state index in [0.717, 1.165) is 0 Å². The van der Waals surface area contributed by atoms with E-state index in [-0.39, 0.29) is 22.8 Å². The van der Waals surface area contributed by atoms with Crippen molar-refractivity contribution in [3.63, 3.8) is 0 Å². The van der Waals surface area contributed by atoms with E-state index in [2.05, 4.69) is 0 Å². The third-order valence-electron chi connectivity index (χ3n) is 3.76. The maximum atomic E-state index is 12.3. The Kier molecular flexibility index (Phi) is 4.98. The fourth-order valence-corrected chi connectivity index (χ4v) is 3.85. The zero-order valence-corrected chi connectivity index (χ0v) is 13.5. The molecule has 1 aliphatic carbocycles. The molecule has 0 unspecified atom stereocenters. The highest BCUT2D eigenvalue weighted by Crippen LogP contribution is 2.28. The molecule has 0 radical (unpaired) electrons. The van der Waals surface area contributed by atoms with Crippen molar-refractivity contribution in [1.29, 1.82) is 0 Å². The van der Waals surface area contributed by atoms with E-state index < -0.39 is 10.0 Å². The van der Waals surface area contributed by atoms with Gasteiger partial charge in [-0.2, -0.15) is 0 Å². The van der Waals surface area contributed by atoms with Crippen LogP contribution in [0.15, 0.2) is 24.3 Å². The van der Waals surface area contributed by atoms with Crippen molar-refractivity contribution in [2.45, 2.75) is 24.7 Å². The van der Waals surface area contributed by atoms with Gasteiger partial charge in [-0.05, 0) is 30.4 Å². The van der Waals surface area contributed by atoms with Crippen LogP contribution in [-0.4, -0.2) is 42.5 Å². The Bertz CT molecular complexity index is 625. The van der Waals surface area contributed by atoms with Crippen LogP contribution in [0, 0.1) is 5.92 Å². The average Bonchev–Trinajstić information content (AvgIpc) is 2.36. The van der Waals surface area contributed by atoms with E-state index in [4.69, 9.17) is 18.0 Å². The van der Waals surface area contributed by atoms with Gasteiger partial charge < -0.3 is 10.8 Å². The lowest BCUT2D eigenvalue weighted by atomic mass is 9.82. The molecule has 0 amide bonds. The van der Waals surface area contributed by atoms with Crippen molar-refractivity contribution in [1.82, 2.24) is 4.31 Å². The van der Waals surface area contributed by atoms with E-state index in [0.29, 0.717) is 30.5 Å². The Hall–Kier alpha value is -1.02. The molecule has 1 fully saturated rings. The summed E-state index contributed by atoms with van der Waals surface area (Å²) in [7, 11) is -1.80. The lowest BCUT2D eigenvalue weighted by Crippen LogP contribution is -2.39. The van der Waals surface area contributed by atoms with Crippen molar-refractivity contribution in [2.75, 3.05) is 13.6 Å². The summed E-state index contributed by atoms with van der Waals surface area (Å²) < 4.78 is 26.0. The van der Waals surface area contributed by atoms with Gasteiger partial charge in [0.1, 0.15) is 4.99 Å². The fourth-order valence-electron chi connectivity index (χ4n) is 2.46. The number of nitrogens with zero attached hydrogens (tertiary/aromatic N) is 1. The Morgan fingerprint density at radius 1 is 1.48 bits per heavy atom. The molecule has 0 aromatic heterocycles. The van der Waals surface area contributed by atoms with Crippen molar-refractivity contribution < 1.29 is 13.5 Å². The van der Waals surface area contributed by atoms with Crippen LogP contribution in [-0.2, 0) is 15.8 Å². The van der Waals surface area contributed by atoms with E-state index in [1.54, 1.807) is 31.3 Å². The summed E-state index contributed by atoms with van der Waals surface area (Å²) in [5.41, 5.74) is 6.89. The van der Waals surface area contributed by atoms with Gasteiger partial charge in [-0.25, -0.2) is 12.7 Å². The fraction of sp³-hybridized carbons (Fsp3) is 0.500.